The largest absolute Gasteiger partial charge is 0.491 e. The zero-order chi connectivity index (χ0) is 20.2. The molecule has 6 heteroatoms. The Labute approximate surface area is 169 Å². The Kier molecular flexibility index (Phi) is 5.83. The molecule has 5 nitrogen and oxygen atoms in total. The van der Waals surface area contributed by atoms with Crippen LogP contribution in [-0.4, -0.2) is 48.1 Å². The van der Waals surface area contributed by atoms with Gasteiger partial charge in [0.1, 0.15) is 24.3 Å². The lowest BCUT2D eigenvalue weighted by Crippen LogP contribution is -2.44. The van der Waals surface area contributed by atoms with Gasteiger partial charge < -0.3 is 9.47 Å². The van der Waals surface area contributed by atoms with Crippen LogP contribution in [0.3, 0.4) is 0 Å². The van der Waals surface area contributed by atoms with Gasteiger partial charge in [-0.25, -0.2) is 4.39 Å². The summed E-state index contributed by atoms with van der Waals surface area (Å²) < 4.78 is 25.5. The summed E-state index contributed by atoms with van der Waals surface area (Å²) in [5.41, 5.74) is 2.30. The van der Waals surface area contributed by atoms with Gasteiger partial charge in [0.15, 0.2) is 5.78 Å². The van der Waals surface area contributed by atoms with Crippen LogP contribution in [0.2, 0.25) is 0 Å². The fourth-order valence-electron chi connectivity index (χ4n) is 3.62. The SMILES string of the molecule is CC(=O)c1ccc(OCC2CN(Cc3ccnc4ccccc34)CCO2)cc1F. The highest BCUT2D eigenvalue weighted by Crippen LogP contribution is 2.21. The molecule has 1 atom stereocenters. The number of carbonyl (C=O) groups is 1. The number of benzene rings is 2. The van der Waals surface area contributed by atoms with Crippen LogP contribution in [0.25, 0.3) is 10.9 Å². The number of morpholine rings is 1. The summed E-state index contributed by atoms with van der Waals surface area (Å²) >= 11 is 0. The first-order chi connectivity index (χ1) is 14.1. The van der Waals surface area contributed by atoms with E-state index in [2.05, 4.69) is 22.0 Å². The molecule has 29 heavy (non-hydrogen) atoms. The summed E-state index contributed by atoms with van der Waals surface area (Å²) in [7, 11) is 0. The number of rotatable bonds is 6. The van der Waals surface area contributed by atoms with Gasteiger partial charge in [0.25, 0.3) is 0 Å². The lowest BCUT2D eigenvalue weighted by molar-refractivity contribution is -0.0503. The second kappa shape index (κ2) is 8.68. The van der Waals surface area contributed by atoms with Crippen molar-refractivity contribution < 1.29 is 18.7 Å². The fourth-order valence-corrected chi connectivity index (χ4v) is 3.62. The van der Waals surface area contributed by atoms with E-state index in [4.69, 9.17) is 9.47 Å². The molecular formula is C23H23FN2O3. The minimum Gasteiger partial charge on any atom is -0.491 e. The maximum absolute atomic E-state index is 14.0. The number of hydrogen-bond donors (Lipinski definition) is 0. The smallest absolute Gasteiger partial charge is 0.162 e. The van der Waals surface area contributed by atoms with Crippen molar-refractivity contribution in [2.45, 2.75) is 19.6 Å². The number of ketones is 1. The molecule has 4 rings (SSSR count). The number of para-hydroxylation sites is 1. The van der Waals surface area contributed by atoms with Crippen molar-refractivity contribution in [1.82, 2.24) is 9.88 Å². The van der Waals surface area contributed by atoms with Crippen LogP contribution in [0.15, 0.2) is 54.7 Å². The molecule has 1 fully saturated rings. The minimum atomic E-state index is -0.564. The zero-order valence-corrected chi connectivity index (χ0v) is 16.3. The molecule has 1 saturated heterocycles. The van der Waals surface area contributed by atoms with Crippen LogP contribution in [0.1, 0.15) is 22.8 Å². The van der Waals surface area contributed by atoms with E-state index in [9.17, 15) is 9.18 Å². The van der Waals surface area contributed by atoms with Gasteiger partial charge in [-0.05, 0) is 36.8 Å². The molecular weight excluding hydrogens is 371 g/mol. The lowest BCUT2D eigenvalue weighted by Gasteiger charge is -2.33. The summed E-state index contributed by atoms with van der Waals surface area (Å²) in [5, 5.41) is 1.16. The van der Waals surface area contributed by atoms with Crippen molar-refractivity contribution in [3.8, 4) is 5.75 Å². The first kappa shape index (κ1) is 19.5. The van der Waals surface area contributed by atoms with Gasteiger partial charge in [-0.1, -0.05) is 18.2 Å². The Bertz CT molecular complexity index is 1020. The van der Waals surface area contributed by atoms with Crippen LogP contribution in [0.5, 0.6) is 5.75 Å². The number of Topliss-reactive ketones (excluding diaryl/α,β-unsaturated/α-hetero) is 1. The summed E-state index contributed by atoms with van der Waals surface area (Å²) in [4.78, 5) is 18.1. The molecule has 150 valence electrons. The summed E-state index contributed by atoms with van der Waals surface area (Å²) in [6.45, 7) is 4.67. The van der Waals surface area contributed by atoms with E-state index >= 15 is 0 Å². The maximum Gasteiger partial charge on any atom is 0.162 e. The molecule has 0 aliphatic carbocycles. The average Bonchev–Trinajstić information content (AvgIpc) is 2.73. The Morgan fingerprint density at radius 1 is 1.28 bits per heavy atom. The van der Waals surface area contributed by atoms with E-state index in [0.717, 1.165) is 30.5 Å². The maximum atomic E-state index is 14.0. The van der Waals surface area contributed by atoms with E-state index in [0.29, 0.717) is 19.0 Å². The van der Waals surface area contributed by atoms with Gasteiger partial charge in [0.2, 0.25) is 0 Å². The Hall–Kier alpha value is -2.83. The molecule has 1 unspecified atom stereocenters. The molecule has 0 bridgehead atoms. The number of aromatic nitrogens is 1. The van der Waals surface area contributed by atoms with Crippen molar-refractivity contribution in [3.63, 3.8) is 0 Å². The highest BCUT2D eigenvalue weighted by molar-refractivity contribution is 5.94. The third kappa shape index (κ3) is 4.60. The minimum absolute atomic E-state index is 0.0713. The third-order valence-electron chi connectivity index (χ3n) is 5.11. The number of carbonyl (C=O) groups excluding carboxylic acids is 1. The standard InChI is InChI=1S/C23H23FN2O3/c1-16(27)20-7-6-18(12-22(20)24)29-15-19-14-26(10-11-28-19)13-17-8-9-25-23-5-3-2-4-21(17)23/h2-9,12,19H,10-11,13-15H2,1H3. The van der Waals surface area contributed by atoms with E-state index in [1.54, 1.807) is 6.07 Å². The molecule has 2 aromatic carbocycles. The van der Waals surface area contributed by atoms with Crippen LogP contribution >= 0.6 is 0 Å². The van der Waals surface area contributed by atoms with Gasteiger partial charge >= 0.3 is 0 Å². The highest BCUT2D eigenvalue weighted by Gasteiger charge is 2.22. The van der Waals surface area contributed by atoms with Crippen LogP contribution < -0.4 is 4.74 Å². The Morgan fingerprint density at radius 2 is 2.14 bits per heavy atom. The molecule has 0 radical (unpaired) electrons. The topological polar surface area (TPSA) is 51.7 Å². The van der Waals surface area contributed by atoms with Crippen molar-refractivity contribution in [2.24, 2.45) is 0 Å². The van der Waals surface area contributed by atoms with E-state index in [1.807, 2.05) is 24.4 Å². The first-order valence-corrected chi connectivity index (χ1v) is 9.70. The molecule has 1 aliphatic heterocycles. The molecule has 0 spiro atoms. The normalized spacial score (nSPS) is 17.4. The molecule has 1 aliphatic rings. The number of nitrogens with zero attached hydrogens (tertiary/aromatic N) is 2. The van der Waals surface area contributed by atoms with Crippen molar-refractivity contribution in [1.29, 1.82) is 0 Å². The second-order valence-corrected chi connectivity index (χ2v) is 7.22. The Morgan fingerprint density at radius 3 is 2.97 bits per heavy atom. The van der Waals surface area contributed by atoms with Crippen molar-refractivity contribution in [2.75, 3.05) is 26.3 Å². The fraction of sp³-hybridized carbons (Fsp3) is 0.304. The molecule has 0 amide bonds. The predicted molar refractivity (Wildman–Crippen MR) is 109 cm³/mol. The van der Waals surface area contributed by atoms with Crippen LogP contribution in [0.4, 0.5) is 4.39 Å². The molecule has 1 aromatic heterocycles. The van der Waals surface area contributed by atoms with Gasteiger partial charge in [-0.3, -0.25) is 14.7 Å². The van der Waals surface area contributed by atoms with Gasteiger partial charge in [0.05, 0.1) is 17.7 Å². The second-order valence-electron chi connectivity index (χ2n) is 7.22. The van der Waals surface area contributed by atoms with Crippen LogP contribution in [-0.2, 0) is 11.3 Å². The molecule has 0 saturated carbocycles. The quantitative estimate of drug-likeness (QED) is 0.595. The Balaban J connectivity index is 1.37. The number of ether oxygens (including phenoxy) is 2. The first-order valence-electron chi connectivity index (χ1n) is 9.70. The molecule has 3 aromatic rings. The monoisotopic (exact) mass is 394 g/mol. The van der Waals surface area contributed by atoms with E-state index in [-0.39, 0.29) is 17.5 Å². The lowest BCUT2D eigenvalue weighted by atomic mass is 10.1. The number of pyridine rings is 1. The summed E-state index contributed by atoms with van der Waals surface area (Å²) in [6, 6.07) is 14.5. The third-order valence-corrected chi connectivity index (χ3v) is 5.11. The highest BCUT2D eigenvalue weighted by atomic mass is 19.1. The van der Waals surface area contributed by atoms with Crippen molar-refractivity contribution >= 4 is 16.7 Å². The van der Waals surface area contributed by atoms with Crippen LogP contribution in [0, 0.1) is 5.82 Å². The number of fused-ring (bicyclic) bond motifs is 1. The van der Waals surface area contributed by atoms with E-state index < -0.39 is 5.82 Å². The number of halogens is 1. The van der Waals surface area contributed by atoms with Crippen molar-refractivity contribution in [3.05, 3.63) is 71.7 Å². The summed E-state index contributed by atoms with van der Waals surface area (Å²) in [5.74, 6) is -0.469. The summed E-state index contributed by atoms with van der Waals surface area (Å²) in [6.07, 6.45) is 1.74. The van der Waals surface area contributed by atoms with Gasteiger partial charge in [-0.2, -0.15) is 0 Å². The van der Waals surface area contributed by atoms with E-state index in [1.165, 1.54) is 24.6 Å². The molecule has 2 heterocycles. The van der Waals surface area contributed by atoms with Gasteiger partial charge in [-0.15, -0.1) is 0 Å². The van der Waals surface area contributed by atoms with Gasteiger partial charge in [0, 0.05) is 37.3 Å². The average molecular weight is 394 g/mol. The molecule has 0 N–H and O–H groups in total. The zero-order valence-electron chi connectivity index (χ0n) is 16.3. The number of hydrogen-bond acceptors (Lipinski definition) is 5. The predicted octanol–water partition coefficient (Wildman–Crippen LogP) is 3.86.